The number of para-hydroxylation sites is 1. The first-order valence-corrected chi connectivity index (χ1v) is 22.4. The molecule has 2 aliphatic heterocycles. The maximum Gasteiger partial charge on any atom is 0.408 e. The third-order valence-electron chi connectivity index (χ3n) is 11.2. The molecule has 14 nitrogen and oxygen atoms in total. The van der Waals surface area contributed by atoms with Gasteiger partial charge in [-0.1, -0.05) is 37.1 Å². The summed E-state index contributed by atoms with van der Waals surface area (Å²) in [6.45, 7) is 7.18. The minimum absolute atomic E-state index is 0.0284. The Bertz CT molecular complexity index is 2410. The highest BCUT2D eigenvalue weighted by atomic mass is 32.2. The van der Waals surface area contributed by atoms with Crippen LogP contribution in [0.1, 0.15) is 84.1 Å². The predicted molar refractivity (Wildman–Crippen MR) is 219 cm³/mol. The molecule has 5 atom stereocenters. The number of thiophene rings is 1. The summed E-state index contributed by atoms with van der Waals surface area (Å²) in [6.07, 6.45) is 6.67. The number of hydrogen-bond donors (Lipinski definition) is 3. The van der Waals surface area contributed by atoms with E-state index in [1.165, 1.54) is 4.90 Å². The number of rotatable bonds is 7. The molecule has 8 rings (SSSR count). The highest BCUT2D eigenvalue weighted by molar-refractivity contribution is 7.91. The summed E-state index contributed by atoms with van der Waals surface area (Å²) in [5.41, 5.74) is 1.06. The standard InChI is InChI=1S/C42H49N5O9S2/c1-24-18-19-57-36(24)30-21-33(35-34(43-30)28-13-10-11-15-32(28)55-35)54-26-20-31-37(48)45-42(39(50)46-58(52,53)27-16-17-27)22-25(42)12-8-6-5-7-9-14-29(38(49)47(31)23-26)44-40(51)56-41(2,3)4/h8,10-13,15,18-19,21,25-27,29,31H,5-7,9,14,16-17,20,22-23H2,1-4H3,(H,44,51)(H,45,48)(H,46,50)/b12-8-/t25-,26+,29-,31-,42+/m0/s1. The number of benzene rings is 1. The molecule has 0 radical (unpaired) electrons. The molecule has 3 aromatic heterocycles. The largest absolute Gasteiger partial charge is 0.484 e. The van der Waals surface area contributed by atoms with Crippen molar-refractivity contribution in [2.45, 2.75) is 120 Å². The van der Waals surface area contributed by atoms with Gasteiger partial charge in [0.1, 0.15) is 40.4 Å². The van der Waals surface area contributed by atoms with E-state index in [0.717, 1.165) is 28.7 Å². The number of ether oxygens (including phenoxy) is 2. The molecule has 0 unspecified atom stereocenters. The van der Waals surface area contributed by atoms with Gasteiger partial charge in [-0.2, -0.15) is 0 Å². The second-order valence-corrected chi connectivity index (χ2v) is 19.8. The zero-order valence-corrected chi connectivity index (χ0v) is 34.7. The molecule has 0 bridgehead atoms. The number of sulfonamides is 1. The fraction of sp³-hybridized carbons (Fsp3) is 0.500. The van der Waals surface area contributed by atoms with E-state index in [4.69, 9.17) is 18.9 Å². The van der Waals surface area contributed by atoms with Gasteiger partial charge in [0.15, 0.2) is 11.3 Å². The molecule has 58 heavy (non-hydrogen) atoms. The van der Waals surface area contributed by atoms with Crippen molar-refractivity contribution in [1.82, 2.24) is 25.2 Å². The third-order valence-corrected chi connectivity index (χ3v) is 14.1. The number of hydrogen-bond acceptors (Lipinski definition) is 11. The maximum atomic E-state index is 14.7. The highest BCUT2D eigenvalue weighted by Gasteiger charge is 2.62. The second kappa shape index (κ2) is 15.3. The lowest BCUT2D eigenvalue weighted by molar-refractivity contribution is -0.141. The van der Waals surface area contributed by atoms with Crippen LogP contribution < -0.4 is 20.1 Å². The van der Waals surface area contributed by atoms with Crippen LogP contribution in [-0.4, -0.2) is 83.2 Å². The lowest BCUT2D eigenvalue weighted by atomic mass is 10.0. The quantitative estimate of drug-likeness (QED) is 0.180. The summed E-state index contributed by atoms with van der Waals surface area (Å²) in [5, 5.41) is 7.85. The number of carbonyl (C=O) groups is 4. The SMILES string of the molecule is Cc1ccsc1-c1cc(O[C@@H]2C[C@H]3C(=O)N[C@]4(C(=O)NS(=O)(=O)C5CC5)C[C@@H]4/C=C\CCCCC[C@H](NC(=O)OC(C)(C)C)C(=O)N3C2)c2oc3ccccc3c2n1. The number of fused-ring (bicyclic) bond motifs is 5. The van der Waals surface area contributed by atoms with E-state index in [1.54, 1.807) is 32.1 Å². The van der Waals surface area contributed by atoms with Crippen LogP contribution in [0.25, 0.3) is 32.6 Å². The number of nitrogens with one attached hydrogen (secondary N) is 3. The average Bonchev–Trinajstić information content (AvgIpc) is 4.00. The summed E-state index contributed by atoms with van der Waals surface area (Å²) >= 11 is 1.55. The number of pyridine rings is 1. The van der Waals surface area contributed by atoms with Crippen molar-refractivity contribution in [1.29, 1.82) is 0 Å². The van der Waals surface area contributed by atoms with Gasteiger partial charge >= 0.3 is 6.09 Å². The van der Waals surface area contributed by atoms with Crippen LogP contribution in [0.15, 0.2) is 58.3 Å². The van der Waals surface area contributed by atoms with Gasteiger partial charge in [-0.25, -0.2) is 18.2 Å². The molecule has 3 N–H and O–H groups in total. The number of allylic oxidation sites excluding steroid dienone is 1. The molecule has 4 amide bonds. The van der Waals surface area contributed by atoms with Crippen molar-refractivity contribution < 1.29 is 41.5 Å². The zero-order valence-electron chi connectivity index (χ0n) is 33.0. The van der Waals surface area contributed by atoms with Gasteiger partial charge in [0.2, 0.25) is 21.8 Å². The molecular weight excluding hydrogens is 783 g/mol. The Labute approximate surface area is 341 Å². The van der Waals surface area contributed by atoms with E-state index in [2.05, 4.69) is 15.4 Å². The van der Waals surface area contributed by atoms with Crippen molar-refractivity contribution >= 4 is 67.2 Å². The number of carbonyl (C=O) groups excluding carboxylic acids is 4. The number of nitrogens with zero attached hydrogens (tertiary/aromatic N) is 2. The number of aromatic nitrogens is 1. The molecule has 4 aromatic rings. The monoisotopic (exact) mass is 831 g/mol. The Balaban J connectivity index is 1.15. The van der Waals surface area contributed by atoms with Crippen LogP contribution >= 0.6 is 11.3 Å². The molecule has 4 aliphatic rings. The zero-order chi connectivity index (χ0) is 41.0. The summed E-state index contributed by atoms with van der Waals surface area (Å²) in [5.74, 6) is -1.96. The number of furan rings is 1. The van der Waals surface area contributed by atoms with Gasteiger partial charge in [0.05, 0.1) is 22.4 Å². The molecule has 2 aliphatic carbocycles. The molecule has 3 fully saturated rings. The lowest BCUT2D eigenvalue weighted by Gasteiger charge is -2.30. The van der Waals surface area contributed by atoms with Gasteiger partial charge in [-0.15, -0.1) is 11.3 Å². The Hall–Kier alpha value is -4.96. The number of alkyl carbamates (subject to hydrolysis) is 1. The van der Waals surface area contributed by atoms with E-state index < -0.39 is 74.3 Å². The van der Waals surface area contributed by atoms with Crippen molar-refractivity contribution in [3.8, 4) is 16.3 Å². The fourth-order valence-corrected chi connectivity index (χ4v) is 10.2. The second-order valence-electron chi connectivity index (χ2n) is 16.9. The topological polar surface area (TPSA) is 186 Å². The van der Waals surface area contributed by atoms with Crippen molar-refractivity contribution in [2.75, 3.05) is 6.54 Å². The van der Waals surface area contributed by atoms with Crippen LogP contribution in [0.5, 0.6) is 5.75 Å². The molecule has 1 aromatic carbocycles. The Morgan fingerprint density at radius 3 is 2.62 bits per heavy atom. The van der Waals surface area contributed by atoms with E-state index in [-0.39, 0.29) is 19.4 Å². The maximum absolute atomic E-state index is 14.7. The van der Waals surface area contributed by atoms with Gasteiger partial charge in [-0.3, -0.25) is 19.1 Å². The average molecular weight is 832 g/mol. The summed E-state index contributed by atoms with van der Waals surface area (Å²) in [4.78, 5) is 63.6. The van der Waals surface area contributed by atoms with E-state index in [9.17, 15) is 27.6 Å². The van der Waals surface area contributed by atoms with Crippen molar-refractivity contribution in [3.05, 3.63) is 59.5 Å². The van der Waals surface area contributed by atoms with Crippen LogP contribution in [0.4, 0.5) is 4.79 Å². The summed E-state index contributed by atoms with van der Waals surface area (Å²) < 4.78 is 46.7. The predicted octanol–water partition coefficient (Wildman–Crippen LogP) is 6.26. The van der Waals surface area contributed by atoms with Crippen LogP contribution in [0.3, 0.4) is 0 Å². The molecule has 5 heterocycles. The first-order chi connectivity index (χ1) is 27.6. The Morgan fingerprint density at radius 2 is 1.88 bits per heavy atom. The van der Waals surface area contributed by atoms with E-state index in [0.29, 0.717) is 60.2 Å². The Kier molecular flexibility index (Phi) is 10.5. The molecule has 308 valence electrons. The van der Waals surface area contributed by atoms with E-state index >= 15 is 0 Å². The van der Waals surface area contributed by atoms with Crippen molar-refractivity contribution in [3.63, 3.8) is 0 Å². The fourth-order valence-electron chi connectivity index (χ4n) is 7.97. The van der Waals surface area contributed by atoms with Gasteiger partial charge in [0, 0.05) is 23.8 Å². The molecule has 1 saturated heterocycles. The van der Waals surface area contributed by atoms with Crippen molar-refractivity contribution in [2.24, 2.45) is 5.92 Å². The number of aryl methyl sites for hydroxylation is 1. The van der Waals surface area contributed by atoms with Crippen LogP contribution in [0.2, 0.25) is 0 Å². The van der Waals surface area contributed by atoms with E-state index in [1.807, 2.05) is 60.9 Å². The summed E-state index contributed by atoms with van der Waals surface area (Å²) in [6, 6.07) is 9.25. The minimum atomic E-state index is -3.91. The lowest BCUT2D eigenvalue weighted by Crippen LogP contribution is -2.58. The van der Waals surface area contributed by atoms with Gasteiger partial charge in [-0.05, 0) is 95.4 Å². The normalized spacial score (nSPS) is 26.2. The first-order valence-electron chi connectivity index (χ1n) is 20.0. The highest BCUT2D eigenvalue weighted by Crippen LogP contribution is 2.46. The summed E-state index contributed by atoms with van der Waals surface area (Å²) in [7, 11) is -3.91. The van der Waals surface area contributed by atoms with Gasteiger partial charge in [0.25, 0.3) is 5.91 Å². The minimum Gasteiger partial charge on any atom is -0.484 e. The molecular formula is C42H49N5O9S2. The third kappa shape index (κ3) is 8.17. The number of amides is 4. The smallest absolute Gasteiger partial charge is 0.408 e. The molecule has 0 spiro atoms. The van der Waals surface area contributed by atoms with Crippen LogP contribution in [-0.2, 0) is 29.1 Å². The van der Waals surface area contributed by atoms with Gasteiger partial charge < -0.3 is 29.4 Å². The molecule has 16 heteroatoms. The Morgan fingerprint density at radius 1 is 1.09 bits per heavy atom. The first kappa shape index (κ1) is 39.8. The molecule has 2 saturated carbocycles. The van der Waals surface area contributed by atoms with Crippen LogP contribution in [0, 0.1) is 12.8 Å².